The van der Waals surface area contributed by atoms with Gasteiger partial charge in [-0.15, -0.1) is 0 Å². The maximum Gasteiger partial charge on any atom is 0.306 e. The third-order valence-corrected chi connectivity index (χ3v) is 14.6. The van der Waals surface area contributed by atoms with Gasteiger partial charge in [0.2, 0.25) is 0 Å². The Bertz CT molecular complexity index is 1480. The van der Waals surface area contributed by atoms with Gasteiger partial charge in [0.1, 0.15) is 13.2 Å². The highest BCUT2D eigenvalue weighted by atomic mass is 16.6. The third kappa shape index (κ3) is 63.4. The van der Waals surface area contributed by atoms with Crippen molar-refractivity contribution in [2.75, 3.05) is 13.2 Å². The second-order valence-corrected chi connectivity index (χ2v) is 22.3. The number of hydrogen-bond donors (Lipinski definition) is 0. The number of allylic oxidation sites excluding steroid dienone is 14. The molecule has 0 saturated carbocycles. The highest BCUT2D eigenvalue weighted by Gasteiger charge is 2.19. The van der Waals surface area contributed by atoms with Crippen molar-refractivity contribution >= 4 is 17.9 Å². The van der Waals surface area contributed by atoms with Crippen LogP contribution >= 0.6 is 0 Å². The molecule has 0 heterocycles. The van der Waals surface area contributed by atoms with Crippen LogP contribution in [-0.2, 0) is 28.6 Å². The van der Waals surface area contributed by atoms with Gasteiger partial charge >= 0.3 is 17.9 Å². The predicted molar refractivity (Wildman–Crippen MR) is 339 cm³/mol. The standard InChI is InChI=1S/C72H126O6/c1-4-7-10-13-16-19-22-25-28-31-33-35-37-38-41-44-47-50-53-56-59-62-65-71(74)77-68-69(67-76-70(73)64-61-58-55-52-49-46-43-40-30-27-24-21-18-15-12-9-6-3)78-72(75)66-63-60-57-54-51-48-45-42-39-36-34-32-29-26-23-20-17-14-11-8-5-2/h8-9,11-12,17-18,20-21,26-27,29-30,34,36,69H,4-7,10,13-16,19,22-25,28,31-33,35,37-68H2,1-3H3/b11-8-,12-9-,20-17-,21-18-,29-26-,30-27-,36-34-. The molecule has 450 valence electrons. The molecule has 0 fully saturated rings. The summed E-state index contributed by atoms with van der Waals surface area (Å²) in [5.41, 5.74) is 0. The van der Waals surface area contributed by atoms with E-state index < -0.39 is 6.10 Å². The second kappa shape index (κ2) is 66.1. The molecule has 78 heavy (non-hydrogen) atoms. The molecule has 0 rings (SSSR count). The summed E-state index contributed by atoms with van der Waals surface area (Å²) in [6, 6.07) is 0. The Morgan fingerprint density at radius 3 is 0.782 bits per heavy atom. The molecule has 0 aliphatic rings. The summed E-state index contributed by atoms with van der Waals surface area (Å²) in [6.45, 7) is 6.45. The normalized spacial score (nSPS) is 12.6. The fraction of sp³-hybridized carbons (Fsp3) is 0.764. The Labute approximate surface area is 484 Å². The average Bonchev–Trinajstić information content (AvgIpc) is 3.44. The molecular weight excluding hydrogens is 961 g/mol. The molecule has 0 N–H and O–H groups in total. The number of unbranched alkanes of at least 4 members (excludes halogenated alkanes) is 36. The van der Waals surface area contributed by atoms with Crippen LogP contribution in [0.15, 0.2) is 85.1 Å². The number of esters is 3. The highest BCUT2D eigenvalue weighted by molar-refractivity contribution is 5.71. The minimum Gasteiger partial charge on any atom is -0.462 e. The lowest BCUT2D eigenvalue weighted by molar-refractivity contribution is -0.167. The van der Waals surface area contributed by atoms with Gasteiger partial charge in [-0.1, -0.05) is 311 Å². The van der Waals surface area contributed by atoms with E-state index >= 15 is 0 Å². The van der Waals surface area contributed by atoms with Crippen LogP contribution < -0.4 is 0 Å². The van der Waals surface area contributed by atoms with Crippen molar-refractivity contribution in [1.82, 2.24) is 0 Å². The van der Waals surface area contributed by atoms with Crippen molar-refractivity contribution in [3.05, 3.63) is 85.1 Å². The Morgan fingerprint density at radius 1 is 0.269 bits per heavy atom. The Hall–Kier alpha value is -3.41. The number of carbonyl (C=O) groups is 3. The van der Waals surface area contributed by atoms with E-state index in [9.17, 15) is 14.4 Å². The quantitative estimate of drug-likeness (QED) is 0.0261. The summed E-state index contributed by atoms with van der Waals surface area (Å²) in [4.78, 5) is 38.4. The first-order chi connectivity index (χ1) is 38.5. The van der Waals surface area contributed by atoms with Gasteiger partial charge in [0, 0.05) is 19.3 Å². The first-order valence-electron chi connectivity index (χ1n) is 33.6. The van der Waals surface area contributed by atoms with Crippen LogP contribution in [0.25, 0.3) is 0 Å². The minimum atomic E-state index is -0.786. The first-order valence-corrected chi connectivity index (χ1v) is 33.6. The van der Waals surface area contributed by atoms with Crippen molar-refractivity contribution in [2.45, 2.75) is 341 Å². The van der Waals surface area contributed by atoms with E-state index in [1.807, 2.05) is 0 Å². The highest BCUT2D eigenvalue weighted by Crippen LogP contribution is 2.17. The summed E-state index contributed by atoms with van der Waals surface area (Å²) < 4.78 is 17.0. The molecule has 0 spiro atoms. The topological polar surface area (TPSA) is 78.9 Å². The van der Waals surface area contributed by atoms with Crippen molar-refractivity contribution in [3.63, 3.8) is 0 Å². The van der Waals surface area contributed by atoms with E-state index in [-0.39, 0.29) is 31.1 Å². The molecule has 6 nitrogen and oxygen atoms in total. The van der Waals surface area contributed by atoms with E-state index in [2.05, 4.69) is 106 Å². The molecular formula is C72H126O6. The zero-order chi connectivity index (χ0) is 56.4. The fourth-order valence-electron chi connectivity index (χ4n) is 9.69. The minimum absolute atomic E-state index is 0.0801. The van der Waals surface area contributed by atoms with E-state index in [0.29, 0.717) is 19.3 Å². The van der Waals surface area contributed by atoms with Gasteiger partial charge in [0.25, 0.3) is 0 Å². The lowest BCUT2D eigenvalue weighted by atomic mass is 10.0. The molecule has 0 aliphatic carbocycles. The summed E-state index contributed by atoms with van der Waals surface area (Å²) in [6.07, 6.45) is 87.4. The van der Waals surface area contributed by atoms with Gasteiger partial charge < -0.3 is 14.2 Å². The molecule has 0 saturated heterocycles. The smallest absolute Gasteiger partial charge is 0.306 e. The zero-order valence-electron chi connectivity index (χ0n) is 51.7. The fourth-order valence-corrected chi connectivity index (χ4v) is 9.69. The van der Waals surface area contributed by atoms with Crippen LogP contribution in [0.1, 0.15) is 335 Å². The van der Waals surface area contributed by atoms with Crippen LogP contribution in [0.5, 0.6) is 0 Å². The van der Waals surface area contributed by atoms with Crippen LogP contribution in [0.2, 0.25) is 0 Å². The van der Waals surface area contributed by atoms with Crippen LogP contribution in [0.3, 0.4) is 0 Å². The third-order valence-electron chi connectivity index (χ3n) is 14.6. The van der Waals surface area contributed by atoms with E-state index in [1.165, 1.54) is 180 Å². The van der Waals surface area contributed by atoms with Gasteiger partial charge in [-0.3, -0.25) is 14.4 Å². The molecule has 0 aliphatic heterocycles. The summed E-state index contributed by atoms with van der Waals surface area (Å²) in [5.74, 6) is -0.881. The van der Waals surface area contributed by atoms with Crippen molar-refractivity contribution in [1.29, 1.82) is 0 Å². The molecule has 0 amide bonds. The van der Waals surface area contributed by atoms with E-state index in [1.54, 1.807) is 0 Å². The molecule has 1 unspecified atom stereocenters. The average molecular weight is 1090 g/mol. The van der Waals surface area contributed by atoms with Crippen LogP contribution in [0, 0.1) is 0 Å². The number of ether oxygens (including phenoxy) is 3. The van der Waals surface area contributed by atoms with Crippen LogP contribution in [-0.4, -0.2) is 37.2 Å². The zero-order valence-corrected chi connectivity index (χ0v) is 51.7. The summed E-state index contributed by atoms with van der Waals surface area (Å²) >= 11 is 0. The first kappa shape index (κ1) is 74.6. The number of hydrogen-bond acceptors (Lipinski definition) is 6. The van der Waals surface area contributed by atoms with Gasteiger partial charge in [-0.25, -0.2) is 0 Å². The van der Waals surface area contributed by atoms with E-state index in [0.717, 1.165) is 116 Å². The SMILES string of the molecule is CC/C=C\C/C=C\C/C=C\C/C=C\CCCCCCCCCCC(=O)OC(COC(=O)CCCCCCCCC/C=C\C/C=C\C/C=C\CC)COC(=O)CCCCCCCCCCCCCCCCCCCCCCCC. The Morgan fingerprint density at radius 2 is 0.500 bits per heavy atom. The summed E-state index contributed by atoms with van der Waals surface area (Å²) in [5, 5.41) is 0. The number of carbonyl (C=O) groups excluding carboxylic acids is 3. The molecule has 0 aromatic heterocycles. The molecule has 0 radical (unpaired) electrons. The molecule has 0 aromatic carbocycles. The summed E-state index contributed by atoms with van der Waals surface area (Å²) in [7, 11) is 0. The van der Waals surface area contributed by atoms with Gasteiger partial charge in [-0.05, 0) is 89.9 Å². The lowest BCUT2D eigenvalue weighted by Crippen LogP contribution is -2.30. The molecule has 6 heteroatoms. The molecule has 1 atom stereocenters. The largest absolute Gasteiger partial charge is 0.462 e. The molecule has 0 bridgehead atoms. The van der Waals surface area contributed by atoms with Crippen LogP contribution in [0.4, 0.5) is 0 Å². The van der Waals surface area contributed by atoms with Gasteiger partial charge in [0.15, 0.2) is 6.10 Å². The van der Waals surface area contributed by atoms with E-state index in [4.69, 9.17) is 14.2 Å². The lowest BCUT2D eigenvalue weighted by Gasteiger charge is -2.18. The van der Waals surface area contributed by atoms with Crippen molar-refractivity contribution in [3.8, 4) is 0 Å². The maximum absolute atomic E-state index is 12.9. The molecule has 0 aromatic rings. The monoisotopic (exact) mass is 1090 g/mol. The number of rotatable bonds is 61. The predicted octanol–water partition coefficient (Wildman–Crippen LogP) is 23.1. The van der Waals surface area contributed by atoms with Crippen molar-refractivity contribution < 1.29 is 28.6 Å². The van der Waals surface area contributed by atoms with Gasteiger partial charge in [-0.2, -0.15) is 0 Å². The Balaban J connectivity index is 4.36. The van der Waals surface area contributed by atoms with Gasteiger partial charge in [0.05, 0.1) is 0 Å². The Kier molecular flexibility index (Phi) is 63.2. The second-order valence-electron chi connectivity index (χ2n) is 22.3. The maximum atomic E-state index is 12.9. The van der Waals surface area contributed by atoms with Crippen molar-refractivity contribution in [2.24, 2.45) is 0 Å².